The largest absolute Gasteiger partial charge is 0.375 e. The minimum Gasteiger partial charge on any atom is -0.375 e. The third kappa shape index (κ3) is 3.14. The zero-order valence-corrected chi connectivity index (χ0v) is 10.4. The van der Waals surface area contributed by atoms with Crippen LogP contribution in [0.3, 0.4) is 0 Å². The van der Waals surface area contributed by atoms with Gasteiger partial charge in [0.25, 0.3) is 0 Å². The van der Waals surface area contributed by atoms with Crippen molar-refractivity contribution in [1.29, 1.82) is 0 Å². The van der Waals surface area contributed by atoms with Gasteiger partial charge in [0.05, 0.1) is 12.7 Å². The highest BCUT2D eigenvalue weighted by molar-refractivity contribution is 7.99. The van der Waals surface area contributed by atoms with Crippen molar-refractivity contribution < 1.29 is 4.74 Å². The van der Waals surface area contributed by atoms with E-state index >= 15 is 0 Å². The summed E-state index contributed by atoms with van der Waals surface area (Å²) in [4.78, 5) is 0. The number of ether oxygens (including phenoxy) is 1. The molecule has 0 aromatic rings. The fourth-order valence-corrected chi connectivity index (χ4v) is 3.15. The Hall–Kier alpha value is 0.270. The second kappa shape index (κ2) is 6.70. The van der Waals surface area contributed by atoms with E-state index in [0.717, 1.165) is 24.0 Å². The third-order valence-corrected chi connectivity index (χ3v) is 4.15. The van der Waals surface area contributed by atoms with Crippen LogP contribution in [0.15, 0.2) is 0 Å². The van der Waals surface area contributed by atoms with Crippen LogP contribution in [0.2, 0.25) is 0 Å². The standard InChI is InChI=1S/C11H23NOS/c1-4-9(5-2)11(12-3)10-8-14-7-6-13-10/h9-12H,4-8H2,1-3H3. The predicted octanol–water partition coefficient (Wildman–Crippen LogP) is 2.14. The number of hydrogen-bond donors (Lipinski definition) is 1. The molecule has 2 unspecified atom stereocenters. The molecule has 0 bridgehead atoms. The minimum absolute atomic E-state index is 0.420. The van der Waals surface area contributed by atoms with Gasteiger partial charge in [0.15, 0.2) is 0 Å². The lowest BCUT2D eigenvalue weighted by Gasteiger charge is -2.34. The van der Waals surface area contributed by atoms with Gasteiger partial charge in [0.2, 0.25) is 0 Å². The second-order valence-electron chi connectivity index (χ2n) is 3.88. The SMILES string of the molecule is CCC(CC)C(NC)C1CSCCO1. The normalized spacial score (nSPS) is 25.3. The lowest BCUT2D eigenvalue weighted by molar-refractivity contribution is 0.0306. The van der Waals surface area contributed by atoms with Crippen LogP contribution in [0.5, 0.6) is 0 Å². The smallest absolute Gasteiger partial charge is 0.0821 e. The molecule has 3 heteroatoms. The van der Waals surface area contributed by atoms with Crippen LogP contribution in [0.1, 0.15) is 26.7 Å². The molecule has 0 amide bonds. The van der Waals surface area contributed by atoms with Gasteiger partial charge in [-0.25, -0.2) is 0 Å². The Bertz CT molecular complexity index is 144. The van der Waals surface area contributed by atoms with Crippen LogP contribution in [0, 0.1) is 5.92 Å². The van der Waals surface area contributed by atoms with Crippen LogP contribution < -0.4 is 5.32 Å². The maximum absolute atomic E-state index is 5.83. The number of rotatable bonds is 5. The molecule has 0 spiro atoms. The van der Waals surface area contributed by atoms with Crippen LogP contribution >= 0.6 is 11.8 Å². The van der Waals surface area contributed by atoms with Gasteiger partial charge >= 0.3 is 0 Å². The first kappa shape index (κ1) is 12.3. The predicted molar refractivity (Wildman–Crippen MR) is 64.0 cm³/mol. The molecule has 84 valence electrons. The van der Waals surface area contributed by atoms with Crippen LogP contribution in [0.4, 0.5) is 0 Å². The summed E-state index contributed by atoms with van der Waals surface area (Å²) >= 11 is 2.02. The third-order valence-electron chi connectivity index (χ3n) is 3.13. The number of thioether (sulfide) groups is 1. The number of likely N-dealkylation sites (N-methyl/N-ethyl adjacent to an activating group) is 1. The summed E-state index contributed by atoms with van der Waals surface area (Å²) < 4.78 is 5.83. The fourth-order valence-electron chi connectivity index (χ4n) is 2.24. The maximum Gasteiger partial charge on any atom is 0.0821 e. The quantitative estimate of drug-likeness (QED) is 0.762. The molecule has 0 aromatic heterocycles. The first-order valence-corrected chi connectivity index (χ1v) is 6.85. The monoisotopic (exact) mass is 217 g/mol. The van der Waals surface area contributed by atoms with Crippen LogP contribution in [-0.2, 0) is 4.74 Å². The molecule has 1 N–H and O–H groups in total. The van der Waals surface area contributed by atoms with Crippen molar-refractivity contribution in [3.63, 3.8) is 0 Å². The highest BCUT2D eigenvalue weighted by atomic mass is 32.2. The van der Waals surface area contributed by atoms with Crippen LogP contribution in [0.25, 0.3) is 0 Å². The van der Waals surface area contributed by atoms with E-state index in [1.165, 1.54) is 12.8 Å². The van der Waals surface area contributed by atoms with Gasteiger partial charge in [-0.15, -0.1) is 0 Å². The zero-order chi connectivity index (χ0) is 10.4. The summed E-state index contributed by atoms with van der Waals surface area (Å²) in [5.41, 5.74) is 0. The van der Waals surface area contributed by atoms with Gasteiger partial charge in [0.1, 0.15) is 0 Å². The number of nitrogens with one attached hydrogen (secondary N) is 1. The molecule has 0 aromatic carbocycles. The Morgan fingerprint density at radius 1 is 1.43 bits per heavy atom. The van der Waals surface area contributed by atoms with Gasteiger partial charge in [-0.2, -0.15) is 11.8 Å². The highest BCUT2D eigenvalue weighted by Crippen LogP contribution is 2.23. The van der Waals surface area contributed by atoms with E-state index in [9.17, 15) is 0 Å². The van der Waals surface area contributed by atoms with Crippen molar-refractivity contribution >= 4 is 11.8 Å². The summed E-state index contributed by atoms with van der Waals surface area (Å²) in [6.07, 6.45) is 2.91. The van der Waals surface area contributed by atoms with E-state index in [-0.39, 0.29) is 0 Å². The van der Waals surface area contributed by atoms with Crippen molar-refractivity contribution in [2.24, 2.45) is 5.92 Å². The minimum atomic E-state index is 0.420. The molecule has 0 aliphatic carbocycles. The van der Waals surface area contributed by atoms with Crippen molar-refractivity contribution in [3.05, 3.63) is 0 Å². The first-order chi connectivity index (χ1) is 6.83. The summed E-state index contributed by atoms with van der Waals surface area (Å²) in [7, 11) is 2.06. The van der Waals surface area contributed by atoms with Gasteiger partial charge < -0.3 is 10.1 Å². The topological polar surface area (TPSA) is 21.3 Å². The molecule has 0 saturated carbocycles. The zero-order valence-electron chi connectivity index (χ0n) is 9.58. The van der Waals surface area contributed by atoms with E-state index in [1.54, 1.807) is 0 Å². The average molecular weight is 217 g/mol. The summed E-state index contributed by atoms with van der Waals surface area (Å²) in [6, 6.07) is 0.540. The van der Waals surface area contributed by atoms with E-state index in [2.05, 4.69) is 26.2 Å². The van der Waals surface area contributed by atoms with E-state index in [1.807, 2.05) is 11.8 Å². The molecule has 2 nitrogen and oxygen atoms in total. The molecule has 1 fully saturated rings. The second-order valence-corrected chi connectivity index (χ2v) is 5.03. The van der Waals surface area contributed by atoms with E-state index < -0.39 is 0 Å². The highest BCUT2D eigenvalue weighted by Gasteiger charge is 2.28. The Balaban J connectivity index is 2.49. The summed E-state index contributed by atoms with van der Waals surface area (Å²) in [5.74, 6) is 3.07. The van der Waals surface area contributed by atoms with Crippen molar-refractivity contribution in [2.75, 3.05) is 25.2 Å². The Kier molecular flexibility index (Phi) is 5.90. The Morgan fingerprint density at radius 3 is 2.57 bits per heavy atom. The van der Waals surface area contributed by atoms with E-state index in [4.69, 9.17) is 4.74 Å². The molecular formula is C11H23NOS. The average Bonchev–Trinajstić information content (AvgIpc) is 2.27. The van der Waals surface area contributed by atoms with Gasteiger partial charge in [-0.3, -0.25) is 0 Å². The first-order valence-electron chi connectivity index (χ1n) is 5.70. The molecule has 0 radical (unpaired) electrons. The lowest BCUT2D eigenvalue weighted by atomic mass is 9.91. The molecule has 1 saturated heterocycles. The van der Waals surface area contributed by atoms with Gasteiger partial charge in [-0.05, 0) is 13.0 Å². The fraction of sp³-hybridized carbons (Fsp3) is 1.00. The number of hydrogen-bond acceptors (Lipinski definition) is 3. The molecule has 1 aliphatic heterocycles. The molecule has 2 atom stereocenters. The maximum atomic E-state index is 5.83. The molecule has 1 aliphatic rings. The Labute approximate surface area is 92.2 Å². The summed E-state index contributed by atoms with van der Waals surface area (Å²) in [5, 5.41) is 3.44. The molecule has 1 rings (SSSR count). The van der Waals surface area contributed by atoms with Crippen molar-refractivity contribution in [1.82, 2.24) is 5.32 Å². The van der Waals surface area contributed by atoms with Crippen LogP contribution in [-0.4, -0.2) is 37.3 Å². The molecule has 1 heterocycles. The molecule has 14 heavy (non-hydrogen) atoms. The van der Waals surface area contributed by atoms with Crippen molar-refractivity contribution in [3.8, 4) is 0 Å². The summed E-state index contributed by atoms with van der Waals surface area (Å²) in [6.45, 7) is 5.47. The van der Waals surface area contributed by atoms with Gasteiger partial charge in [0, 0.05) is 17.5 Å². The Morgan fingerprint density at radius 2 is 2.14 bits per heavy atom. The lowest BCUT2D eigenvalue weighted by Crippen LogP contribution is -2.47. The molecular weight excluding hydrogens is 194 g/mol. The van der Waals surface area contributed by atoms with Crippen molar-refractivity contribution in [2.45, 2.75) is 38.8 Å². The van der Waals surface area contributed by atoms with Gasteiger partial charge in [-0.1, -0.05) is 26.7 Å². The van der Waals surface area contributed by atoms with E-state index in [0.29, 0.717) is 12.1 Å².